The first-order valence-electron chi connectivity index (χ1n) is 11.6. The van der Waals surface area contributed by atoms with Gasteiger partial charge < -0.3 is 18.9 Å². The Kier molecular flexibility index (Phi) is 9.06. The smallest absolute Gasteiger partial charge is 0.152 e. The number of hydrogen-bond acceptors (Lipinski definition) is 6. The van der Waals surface area contributed by atoms with Crippen molar-refractivity contribution in [2.24, 2.45) is 0 Å². The van der Waals surface area contributed by atoms with E-state index in [1.165, 1.54) is 0 Å². The molecule has 32 heavy (non-hydrogen) atoms. The van der Waals surface area contributed by atoms with Crippen molar-refractivity contribution in [1.29, 1.82) is 0 Å². The lowest BCUT2D eigenvalue weighted by Gasteiger charge is -2.47. The lowest BCUT2D eigenvalue weighted by molar-refractivity contribution is -0.0590. The summed E-state index contributed by atoms with van der Waals surface area (Å²) >= 11 is 0. The summed E-state index contributed by atoms with van der Waals surface area (Å²) in [6, 6.07) is 16.5. The zero-order chi connectivity index (χ0) is 22.9. The molecule has 0 amide bonds. The highest BCUT2D eigenvalue weighted by Gasteiger charge is 2.33. The first-order valence-corrected chi connectivity index (χ1v) is 11.6. The highest BCUT2D eigenvalue weighted by Crippen LogP contribution is 2.24. The van der Waals surface area contributed by atoms with Crippen LogP contribution in [0.3, 0.4) is 0 Å². The van der Waals surface area contributed by atoms with Crippen molar-refractivity contribution in [3.05, 3.63) is 48.5 Å². The summed E-state index contributed by atoms with van der Waals surface area (Å²) in [6.07, 6.45) is 2.02. The van der Waals surface area contributed by atoms with E-state index in [4.69, 9.17) is 18.9 Å². The van der Waals surface area contributed by atoms with Crippen LogP contribution in [0.15, 0.2) is 48.5 Å². The number of benzene rings is 2. The third kappa shape index (κ3) is 6.53. The first kappa shape index (κ1) is 24.2. The average Bonchev–Trinajstić information content (AvgIpc) is 2.83. The number of ether oxygens (including phenoxy) is 4. The Labute approximate surface area is 193 Å². The van der Waals surface area contributed by atoms with Gasteiger partial charge in [-0.25, -0.2) is 0 Å². The molecule has 6 heteroatoms. The van der Waals surface area contributed by atoms with Gasteiger partial charge in [0.25, 0.3) is 0 Å². The molecule has 1 aliphatic heterocycles. The maximum absolute atomic E-state index is 6.34. The summed E-state index contributed by atoms with van der Waals surface area (Å²) < 4.78 is 22.7. The Bertz CT molecular complexity index is 796. The molecule has 1 fully saturated rings. The SMILES string of the molecule is CCC(Oc1ccc(OC)cc1)N1CC(C)N(CCCOc2ccc(OC)cc2)CC1C. The monoisotopic (exact) mass is 442 g/mol. The molecular formula is C26H38N2O4. The molecule has 2 aromatic rings. The van der Waals surface area contributed by atoms with Crippen molar-refractivity contribution >= 4 is 0 Å². The topological polar surface area (TPSA) is 43.4 Å². The van der Waals surface area contributed by atoms with Gasteiger partial charge in [-0.05, 0) is 75.2 Å². The van der Waals surface area contributed by atoms with Crippen LogP contribution in [0, 0.1) is 0 Å². The molecule has 0 spiro atoms. The predicted octanol–water partition coefficient (Wildman–Crippen LogP) is 4.68. The Hall–Kier alpha value is -2.44. The highest BCUT2D eigenvalue weighted by atomic mass is 16.5. The highest BCUT2D eigenvalue weighted by molar-refractivity contribution is 5.32. The maximum Gasteiger partial charge on any atom is 0.152 e. The molecule has 1 saturated heterocycles. The van der Waals surface area contributed by atoms with Crippen molar-refractivity contribution < 1.29 is 18.9 Å². The fourth-order valence-electron chi connectivity index (χ4n) is 4.26. The molecule has 0 saturated carbocycles. The molecule has 0 N–H and O–H groups in total. The van der Waals surface area contributed by atoms with Gasteiger partial charge in [-0.15, -0.1) is 0 Å². The van der Waals surface area contributed by atoms with E-state index >= 15 is 0 Å². The molecule has 1 heterocycles. The lowest BCUT2D eigenvalue weighted by Crippen LogP contribution is -2.60. The van der Waals surface area contributed by atoms with Gasteiger partial charge in [0.1, 0.15) is 23.0 Å². The van der Waals surface area contributed by atoms with Crippen LogP contribution in [0.2, 0.25) is 0 Å². The van der Waals surface area contributed by atoms with Crippen LogP contribution in [0.25, 0.3) is 0 Å². The quantitative estimate of drug-likeness (QED) is 0.471. The number of nitrogens with zero attached hydrogens (tertiary/aromatic N) is 2. The van der Waals surface area contributed by atoms with Gasteiger partial charge in [-0.2, -0.15) is 0 Å². The molecule has 0 radical (unpaired) electrons. The second kappa shape index (κ2) is 12.0. The van der Waals surface area contributed by atoms with E-state index in [1.807, 2.05) is 48.5 Å². The molecule has 3 atom stereocenters. The predicted molar refractivity (Wildman–Crippen MR) is 128 cm³/mol. The fourth-order valence-corrected chi connectivity index (χ4v) is 4.26. The van der Waals surface area contributed by atoms with E-state index in [0.29, 0.717) is 18.7 Å². The molecule has 2 aromatic carbocycles. The van der Waals surface area contributed by atoms with Gasteiger partial charge in [0.15, 0.2) is 6.23 Å². The van der Waals surface area contributed by atoms with E-state index < -0.39 is 0 Å². The number of rotatable bonds is 11. The van der Waals surface area contributed by atoms with E-state index in [2.05, 4.69) is 30.6 Å². The summed E-state index contributed by atoms with van der Waals surface area (Å²) in [5, 5.41) is 0. The second-order valence-electron chi connectivity index (χ2n) is 8.42. The van der Waals surface area contributed by atoms with E-state index in [1.54, 1.807) is 14.2 Å². The van der Waals surface area contributed by atoms with Crippen molar-refractivity contribution in [2.45, 2.75) is 51.9 Å². The molecule has 176 valence electrons. The van der Waals surface area contributed by atoms with Gasteiger partial charge in [0, 0.05) is 31.7 Å². The minimum Gasteiger partial charge on any atom is -0.497 e. The van der Waals surface area contributed by atoms with Crippen LogP contribution >= 0.6 is 0 Å². The summed E-state index contributed by atoms with van der Waals surface area (Å²) in [6.45, 7) is 10.6. The molecule has 6 nitrogen and oxygen atoms in total. The molecule has 3 unspecified atom stereocenters. The molecule has 0 bridgehead atoms. The van der Waals surface area contributed by atoms with Crippen molar-refractivity contribution in [3.8, 4) is 23.0 Å². The fraction of sp³-hybridized carbons (Fsp3) is 0.538. The van der Waals surface area contributed by atoms with Crippen molar-refractivity contribution in [2.75, 3.05) is 40.5 Å². The lowest BCUT2D eigenvalue weighted by atomic mass is 10.1. The summed E-state index contributed by atoms with van der Waals surface area (Å²) in [5.74, 6) is 3.46. The molecule has 3 rings (SSSR count). The van der Waals surface area contributed by atoms with Gasteiger partial charge in [0.05, 0.1) is 20.8 Å². The molecule has 0 aliphatic carbocycles. The van der Waals surface area contributed by atoms with Gasteiger partial charge >= 0.3 is 0 Å². The Morgan fingerprint density at radius 1 is 0.812 bits per heavy atom. The Morgan fingerprint density at radius 2 is 1.38 bits per heavy atom. The minimum absolute atomic E-state index is 0.0707. The van der Waals surface area contributed by atoms with Crippen LogP contribution in [-0.4, -0.2) is 68.6 Å². The third-order valence-electron chi connectivity index (χ3n) is 6.13. The summed E-state index contributed by atoms with van der Waals surface area (Å²) in [5.41, 5.74) is 0. The average molecular weight is 443 g/mol. The Balaban J connectivity index is 1.46. The van der Waals surface area contributed by atoms with Gasteiger partial charge in [-0.1, -0.05) is 6.92 Å². The number of piperazine rings is 1. The third-order valence-corrected chi connectivity index (χ3v) is 6.13. The first-order chi connectivity index (χ1) is 15.5. The van der Waals surface area contributed by atoms with Crippen LogP contribution in [-0.2, 0) is 0 Å². The zero-order valence-electron chi connectivity index (χ0n) is 20.1. The van der Waals surface area contributed by atoms with Crippen LogP contribution < -0.4 is 18.9 Å². The van der Waals surface area contributed by atoms with Crippen LogP contribution in [0.1, 0.15) is 33.6 Å². The van der Waals surface area contributed by atoms with E-state index in [-0.39, 0.29) is 6.23 Å². The van der Waals surface area contributed by atoms with Gasteiger partial charge in [-0.3, -0.25) is 9.80 Å². The summed E-state index contributed by atoms with van der Waals surface area (Å²) in [7, 11) is 3.35. The van der Waals surface area contributed by atoms with Gasteiger partial charge in [0.2, 0.25) is 0 Å². The van der Waals surface area contributed by atoms with Crippen molar-refractivity contribution in [3.63, 3.8) is 0 Å². The number of methoxy groups -OCH3 is 2. The van der Waals surface area contributed by atoms with Crippen LogP contribution in [0.4, 0.5) is 0 Å². The molecular weight excluding hydrogens is 404 g/mol. The second-order valence-corrected chi connectivity index (χ2v) is 8.42. The Morgan fingerprint density at radius 3 is 1.94 bits per heavy atom. The zero-order valence-corrected chi connectivity index (χ0v) is 20.1. The minimum atomic E-state index is 0.0707. The molecule has 1 aliphatic rings. The standard InChI is InChI=1S/C26H38N2O4/c1-6-26(32-25-14-10-23(30-5)11-15-25)28-19-20(2)27(18-21(28)3)16-7-17-31-24-12-8-22(29-4)9-13-24/h8-15,20-21,26H,6-7,16-19H2,1-5H3. The number of hydrogen-bond donors (Lipinski definition) is 0. The maximum atomic E-state index is 6.34. The van der Waals surface area contributed by atoms with E-state index in [9.17, 15) is 0 Å². The van der Waals surface area contributed by atoms with Crippen molar-refractivity contribution in [1.82, 2.24) is 9.80 Å². The van der Waals surface area contributed by atoms with Crippen LogP contribution in [0.5, 0.6) is 23.0 Å². The normalized spacial score (nSPS) is 20.5. The van der Waals surface area contributed by atoms with E-state index in [0.717, 1.165) is 55.5 Å². The largest absolute Gasteiger partial charge is 0.497 e. The summed E-state index contributed by atoms with van der Waals surface area (Å²) in [4.78, 5) is 5.07. The molecule has 0 aromatic heterocycles.